The van der Waals surface area contributed by atoms with Crippen LogP contribution < -0.4 is 0 Å². The first kappa shape index (κ1) is 6.64. The normalized spacial score (nSPS) is 11.5. The van der Waals surface area contributed by atoms with Crippen molar-refractivity contribution in [1.82, 2.24) is 0 Å². The first-order valence-electron chi connectivity index (χ1n) is 3.26. The molecular formula is C7H4F4. The van der Waals surface area contributed by atoms with Crippen LogP contribution in [0.1, 0.15) is 6.93 Å². The van der Waals surface area contributed by atoms with Crippen molar-refractivity contribution in [3.05, 3.63) is 34.9 Å². The molecule has 0 saturated heterocycles. The van der Waals surface area contributed by atoms with Crippen molar-refractivity contribution in [3.8, 4) is 0 Å². The van der Waals surface area contributed by atoms with Crippen molar-refractivity contribution < 1.29 is 18.9 Å². The van der Waals surface area contributed by atoms with E-state index in [-0.39, 0.29) is 0 Å². The maximum atomic E-state index is 12.5. The van der Waals surface area contributed by atoms with Crippen molar-refractivity contribution in [3.63, 3.8) is 0 Å². The number of benzene rings is 1. The first-order valence-corrected chi connectivity index (χ1v) is 2.76. The average Bonchev–Trinajstić information content (AvgIpc) is 2.08. The maximum Gasteiger partial charge on any atom is 0.164 e. The molecule has 0 nitrogen and oxygen atoms in total. The number of hydrogen-bond acceptors (Lipinski definition) is 0. The maximum absolute atomic E-state index is 12.5. The van der Waals surface area contributed by atoms with Crippen LogP contribution in [0.2, 0.25) is 0 Å². The molecule has 0 amide bonds. The van der Waals surface area contributed by atoms with Crippen LogP contribution in [0.3, 0.4) is 0 Å². The van der Waals surface area contributed by atoms with E-state index in [1.807, 2.05) is 0 Å². The van der Waals surface area contributed by atoms with Gasteiger partial charge >= 0.3 is 0 Å². The van der Waals surface area contributed by atoms with Gasteiger partial charge in [0, 0.05) is 11.6 Å². The van der Waals surface area contributed by atoms with Gasteiger partial charge in [0.15, 0.2) is 23.3 Å². The topological polar surface area (TPSA) is 0 Å². The predicted molar refractivity (Wildman–Crippen MR) is 31.0 cm³/mol. The molecule has 60 valence electrons. The molecule has 1 aromatic carbocycles. The molecule has 0 heterocycles. The standard InChI is InChI=1S/C7H4F4/c1-3-6(10)4(8)2-5(9)7(3)11/h2H,1H3/i2D. The van der Waals surface area contributed by atoms with Gasteiger partial charge in [-0.1, -0.05) is 0 Å². The Bertz CT molecular complexity index is 230. The second-order valence-electron chi connectivity index (χ2n) is 2.01. The molecule has 0 bridgehead atoms. The lowest BCUT2D eigenvalue weighted by Gasteiger charge is -1.99. The van der Waals surface area contributed by atoms with E-state index in [9.17, 15) is 17.6 Å². The molecule has 1 rings (SSSR count). The Morgan fingerprint density at radius 3 is 1.82 bits per heavy atom. The zero-order valence-electron chi connectivity index (χ0n) is 6.51. The monoisotopic (exact) mass is 165 g/mol. The van der Waals surface area contributed by atoms with E-state index in [1.54, 1.807) is 0 Å². The van der Waals surface area contributed by atoms with E-state index >= 15 is 0 Å². The summed E-state index contributed by atoms with van der Waals surface area (Å²) in [6.45, 7) is 0.899. The Labute approximate surface area is 61.9 Å². The summed E-state index contributed by atoms with van der Waals surface area (Å²) in [4.78, 5) is 0. The third-order valence-corrected chi connectivity index (χ3v) is 1.26. The largest absolute Gasteiger partial charge is 0.204 e. The first-order chi connectivity index (χ1) is 5.46. The Kier molecular flexibility index (Phi) is 1.52. The highest BCUT2D eigenvalue weighted by molar-refractivity contribution is 5.20. The Balaban J connectivity index is 3.60. The molecule has 0 fully saturated rings. The van der Waals surface area contributed by atoms with Gasteiger partial charge in [0.05, 0.1) is 1.37 Å². The molecule has 0 saturated carbocycles. The van der Waals surface area contributed by atoms with Gasteiger partial charge in [-0.25, -0.2) is 17.6 Å². The summed E-state index contributed by atoms with van der Waals surface area (Å²) in [5, 5.41) is 0. The van der Waals surface area contributed by atoms with Crippen LogP contribution >= 0.6 is 0 Å². The summed E-state index contributed by atoms with van der Waals surface area (Å²) in [5.41, 5.74) is -0.749. The van der Waals surface area contributed by atoms with E-state index in [0.29, 0.717) is 0 Å². The second kappa shape index (κ2) is 2.53. The summed E-state index contributed by atoms with van der Waals surface area (Å²) in [6, 6.07) is -1.38. The fourth-order valence-corrected chi connectivity index (χ4v) is 0.632. The molecule has 0 aromatic heterocycles. The third-order valence-electron chi connectivity index (χ3n) is 1.26. The minimum absolute atomic E-state index is 0.749. The molecule has 0 aliphatic rings. The predicted octanol–water partition coefficient (Wildman–Crippen LogP) is 2.55. The van der Waals surface area contributed by atoms with Crippen molar-refractivity contribution >= 4 is 0 Å². The van der Waals surface area contributed by atoms with Gasteiger partial charge in [0.25, 0.3) is 0 Å². The summed E-state index contributed by atoms with van der Waals surface area (Å²) < 4.78 is 56.6. The molecule has 0 spiro atoms. The van der Waals surface area contributed by atoms with Gasteiger partial charge in [-0.15, -0.1) is 0 Å². The van der Waals surface area contributed by atoms with Crippen LogP contribution in [0.15, 0.2) is 6.04 Å². The molecular weight excluding hydrogens is 160 g/mol. The van der Waals surface area contributed by atoms with Crippen LogP contribution in [-0.2, 0) is 0 Å². The van der Waals surface area contributed by atoms with E-state index in [0.717, 1.165) is 6.92 Å². The van der Waals surface area contributed by atoms with Gasteiger partial charge in [-0.3, -0.25) is 0 Å². The van der Waals surface area contributed by atoms with Crippen molar-refractivity contribution in [2.24, 2.45) is 0 Å². The van der Waals surface area contributed by atoms with Crippen LogP contribution in [0.4, 0.5) is 17.6 Å². The third kappa shape index (κ3) is 1.20. The van der Waals surface area contributed by atoms with Crippen LogP contribution in [-0.4, -0.2) is 0 Å². The molecule has 11 heavy (non-hydrogen) atoms. The van der Waals surface area contributed by atoms with Crippen molar-refractivity contribution in [2.45, 2.75) is 6.92 Å². The van der Waals surface area contributed by atoms with Crippen LogP contribution in [0.25, 0.3) is 0 Å². The average molecular weight is 165 g/mol. The lowest BCUT2D eigenvalue weighted by molar-refractivity contribution is 0.445. The fourth-order valence-electron chi connectivity index (χ4n) is 0.632. The van der Waals surface area contributed by atoms with Crippen molar-refractivity contribution in [2.75, 3.05) is 0 Å². The Morgan fingerprint density at radius 2 is 1.45 bits per heavy atom. The lowest BCUT2D eigenvalue weighted by atomic mass is 10.2. The highest BCUT2D eigenvalue weighted by Gasteiger charge is 2.14. The SMILES string of the molecule is [2H]c1c(F)c(F)c(C)c(F)c1F. The van der Waals surface area contributed by atoms with Crippen LogP contribution in [0, 0.1) is 30.2 Å². The minimum atomic E-state index is -1.66. The Morgan fingerprint density at radius 1 is 1.09 bits per heavy atom. The van der Waals surface area contributed by atoms with E-state index in [1.165, 1.54) is 0 Å². The summed E-state index contributed by atoms with van der Waals surface area (Å²) in [7, 11) is 0. The fraction of sp³-hybridized carbons (Fsp3) is 0.143. The van der Waals surface area contributed by atoms with Crippen molar-refractivity contribution in [1.29, 1.82) is 0 Å². The number of halogens is 4. The zero-order chi connectivity index (χ0) is 9.46. The van der Waals surface area contributed by atoms with Gasteiger partial charge in [0.2, 0.25) is 0 Å². The highest BCUT2D eigenvalue weighted by Crippen LogP contribution is 2.17. The quantitative estimate of drug-likeness (QED) is 0.409. The lowest BCUT2D eigenvalue weighted by Crippen LogP contribution is -1.97. The molecule has 4 heteroatoms. The van der Waals surface area contributed by atoms with E-state index < -0.39 is 34.9 Å². The zero-order valence-corrected chi connectivity index (χ0v) is 5.51. The second-order valence-corrected chi connectivity index (χ2v) is 2.01. The van der Waals surface area contributed by atoms with E-state index in [2.05, 4.69) is 0 Å². The summed E-state index contributed by atoms with van der Waals surface area (Å²) in [6.07, 6.45) is 0. The molecule has 0 atom stereocenters. The molecule has 0 aliphatic carbocycles. The number of rotatable bonds is 0. The molecule has 0 unspecified atom stereocenters. The minimum Gasteiger partial charge on any atom is -0.204 e. The van der Waals surface area contributed by atoms with Gasteiger partial charge in [0.1, 0.15) is 0 Å². The molecule has 0 aliphatic heterocycles. The summed E-state index contributed by atoms with van der Waals surface area (Å²) in [5.74, 6) is -6.35. The van der Waals surface area contributed by atoms with Gasteiger partial charge in [-0.2, -0.15) is 0 Å². The van der Waals surface area contributed by atoms with Gasteiger partial charge < -0.3 is 0 Å². The smallest absolute Gasteiger partial charge is 0.164 e. The Hall–Kier alpha value is -1.06. The van der Waals surface area contributed by atoms with Crippen LogP contribution in [0.5, 0.6) is 0 Å². The van der Waals surface area contributed by atoms with E-state index in [4.69, 9.17) is 1.37 Å². The van der Waals surface area contributed by atoms with Gasteiger partial charge in [-0.05, 0) is 6.92 Å². The molecule has 0 radical (unpaired) electrons. The summed E-state index contributed by atoms with van der Waals surface area (Å²) >= 11 is 0. The molecule has 1 aromatic rings. The molecule has 0 N–H and O–H groups in total. The highest BCUT2D eigenvalue weighted by atomic mass is 19.2. The number of hydrogen-bond donors (Lipinski definition) is 0.